The SMILES string of the molecule is COc1cc2c(cc1OC)[C@H]1CC[C@]3(C)C(=O)CC[C@H]3[C@@H]1CC2. The van der Waals surface area contributed by atoms with Crippen molar-refractivity contribution in [2.75, 3.05) is 14.2 Å². The number of hydrogen-bond donors (Lipinski definition) is 0. The third kappa shape index (κ3) is 2.05. The fraction of sp³-hybridized carbons (Fsp3) is 0.650. The standard InChI is InChI=1S/C20H26O3/c1-20-9-8-13-14(16(20)6-7-19(20)21)5-4-12-10-17(22-2)18(23-3)11-15(12)13/h10-11,13-14,16H,4-9H2,1-3H3/t13-,14+,16-,20-/m0/s1. The van der Waals surface area contributed by atoms with Gasteiger partial charge in [-0.2, -0.15) is 0 Å². The summed E-state index contributed by atoms with van der Waals surface area (Å²) in [6.45, 7) is 2.23. The number of ether oxygens (including phenoxy) is 2. The second kappa shape index (κ2) is 5.25. The highest BCUT2D eigenvalue weighted by Gasteiger charge is 2.54. The number of benzene rings is 1. The number of aryl methyl sites for hydroxylation is 1. The molecule has 0 amide bonds. The number of ketones is 1. The van der Waals surface area contributed by atoms with Crippen LogP contribution in [-0.2, 0) is 11.2 Å². The zero-order chi connectivity index (χ0) is 16.2. The van der Waals surface area contributed by atoms with E-state index in [9.17, 15) is 4.79 Å². The van der Waals surface area contributed by atoms with Gasteiger partial charge in [-0.15, -0.1) is 0 Å². The fourth-order valence-electron chi connectivity index (χ4n) is 5.67. The van der Waals surface area contributed by atoms with E-state index < -0.39 is 0 Å². The van der Waals surface area contributed by atoms with Crippen LogP contribution < -0.4 is 9.47 Å². The Morgan fingerprint density at radius 2 is 1.78 bits per heavy atom. The molecule has 0 heterocycles. The van der Waals surface area contributed by atoms with Crippen molar-refractivity contribution in [2.24, 2.45) is 17.3 Å². The summed E-state index contributed by atoms with van der Waals surface area (Å²) < 4.78 is 11.0. The lowest BCUT2D eigenvalue weighted by atomic mass is 9.55. The molecule has 124 valence electrons. The highest BCUT2D eigenvalue weighted by atomic mass is 16.5. The van der Waals surface area contributed by atoms with Crippen molar-refractivity contribution in [3.63, 3.8) is 0 Å². The number of methoxy groups -OCH3 is 2. The zero-order valence-corrected chi connectivity index (χ0v) is 14.4. The van der Waals surface area contributed by atoms with Crippen LogP contribution >= 0.6 is 0 Å². The summed E-state index contributed by atoms with van der Waals surface area (Å²) >= 11 is 0. The molecule has 4 atom stereocenters. The molecule has 0 N–H and O–H groups in total. The van der Waals surface area contributed by atoms with Gasteiger partial charge in [0.25, 0.3) is 0 Å². The minimum atomic E-state index is -0.0464. The second-order valence-electron chi connectivity index (χ2n) is 7.74. The Bertz CT molecular complexity index is 651. The summed E-state index contributed by atoms with van der Waals surface area (Å²) in [5.41, 5.74) is 2.81. The molecule has 0 aliphatic heterocycles. The average molecular weight is 314 g/mol. The molecule has 1 aromatic rings. The van der Waals surface area contributed by atoms with Gasteiger partial charge in [0.1, 0.15) is 5.78 Å². The predicted molar refractivity (Wildman–Crippen MR) is 89.2 cm³/mol. The number of hydrogen-bond acceptors (Lipinski definition) is 3. The Morgan fingerprint density at radius 1 is 1.04 bits per heavy atom. The lowest BCUT2D eigenvalue weighted by Crippen LogP contribution is -2.42. The van der Waals surface area contributed by atoms with E-state index in [4.69, 9.17) is 9.47 Å². The molecule has 3 heteroatoms. The van der Waals surface area contributed by atoms with Crippen LogP contribution in [0, 0.1) is 17.3 Å². The molecule has 23 heavy (non-hydrogen) atoms. The van der Waals surface area contributed by atoms with E-state index in [2.05, 4.69) is 19.1 Å². The predicted octanol–water partition coefficient (Wildman–Crippen LogP) is 4.13. The van der Waals surface area contributed by atoms with Crippen molar-refractivity contribution in [2.45, 2.75) is 51.4 Å². The Morgan fingerprint density at radius 3 is 2.52 bits per heavy atom. The Balaban J connectivity index is 1.73. The highest BCUT2D eigenvalue weighted by Crippen LogP contribution is 2.60. The summed E-state index contributed by atoms with van der Waals surface area (Å²) in [5.74, 6) is 4.01. The molecule has 0 bridgehead atoms. The Kier molecular flexibility index (Phi) is 3.44. The van der Waals surface area contributed by atoms with Crippen LogP contribution in [0.1, 0.15) is 56.1 Å². The smallest absolute Gasteiger partial charge is 0.161 e. The van der Waals surface area contributed by atoms with Gasteiger partial charge in [0, 0.05) is 11.8 Å². The van der Waals surface area contributed by atoms with Crippen molar-refractivity contribution < 1.29 is 14.3 Å². The van der Waals surface area contributed by atoms with Gasteiger partial charge in [0.2, 0.25) is 0 Å². The van der Waals surface area contributed by atoms with Gasteiger partial charge in [0.15, 0.2) is 11.5 Å². The molecular formula is C20H26O3. The summed E-state index contributed by atoms with van der Waals surface area (Å²) in [6.07, 6.45) is 6.37. The van der Waals surface area contributed by atoms with Gasteiger partial charge in [0.05, 0.1) is 14.2 Å². The van der Waals surface area contributed by atoms with Gasteiger partial charge in [-0.05, 0) is 73.1 Å². The van der Waals surface area contributed by atoms with E-state index >= 15 is 0 Å². The lowest BCUT2D eigenvalue weighted by Gasteiger charge is -2.48. The Hall–Kier alpha value is -1.51. The number of Topliss-reactive ketones (excluding diaryl/α,β-unsaturated/α-hetero) is 1. The first-order chi connectivity index (χ1) is 11.1. The van der Waals surface area contributed by atoms with Gasteiger partial charge in [-0.25, -0.2) is 0 Å². The van der Waals surface area contributed by atoms with Crippen LogP contribution in [0.25, 0.3) is 0 Å². The summed E-state index contributed by atoms with van der Waals surface area (Å²) in [6, 6.07) is 4.36. The van der Waals surface area contributed by atoms with Gasteiger partial charge in [-0.3, -0.25) is 4.79 Å². The molecule has 1 aromatic carbocycles. The van der Waals surface area contributed by atoms with Crippen molar-refractivity contribution in [1.82, 2.24) is 0 Å². The molecule has 3 aliphatic carbocycles. The average Bonchev–Trinajstić information content (AvgIpc) is 2.88. The molecule has 0 saturated heterocycles. The molecule has 2 saturated carbocycles. The molecule has 0 unspecified atom stereocenters. The maximum Gasteiger partial charge on any atom is 0.161 e. The monoisotopic (exact) mass is 314 g/mol. The van der Waals surface area contributed by atoms with Crippen LogP contribution in [0.2, 0.25) is 0 Å². The van der Waals surface area contributed by atoms with E-state index in [0.717, 1.165) is 43.6 Å². The molecule has 0 aromatic heterocycles. The third-order valence-electron chi connectivity index (χ3n) is 6.94. The maximum atomic E-state index is 12.4. The van der Waals surface area contributed by atoms with E-state index in [-0.39, 0.29) is 5.41 Å². The van der Waals surface area contributed by atoms with Gasteiger partial charge in [-0.1, -0.05) is 6.92 Å². The lowest BCUT2D eigenvalue weighted by molar-refractivity contribution is -0.129. The van der Waals surface area contributed by atoms with E-state index in [1.807, 2.05) is 0 Å². The molecule has 3 nitrogen and oxygen atoms in total. The summed E-state index contributed by atoms with van der Waals surface area (Å²) in [4.78, 5) is 12.4. The van der Waals surface area contributed by atoms with Gasteiger partial charge >= 0.3 is 0 Å². The topological polar surface area (TPSA) is 35.5 Å². The molecule has 4 rings (SSSR count). The number of rotatable bonds is 2. The fourth-order valence-corrected chi connectivity index (χ4v) is 5.67. The first-order valence-electron chi connectivity index (χ1n) is 8.86. The number of fused-ring (bicyclic) bond motifs is 5. The molecule has 3 aliphatic rings. The molecule has 0 spiro atoms. The zero-order valence-electron chi connectivity index (χ0n) is 14.4. The normalized spacial score (nSPS) is 35.3. The molecule has 0 radical (unpaired) electrons. The van der Waals surface area contributed by atoms with Crippen LogP contribution in [-0.4, -0.2) is 20.0 Å². The van der Waals surface area contributed by atoms with Crippen LogP contribution in [0.4, 0.5) is 0 Å². The van der Waals surface area contributed by atoms with Crippen molar-refractivity contribution >= 4 is 5.78 Å². The molecular weight excluding hydrogens is 288 g/mol. The van der Waals surface area contributed by atoms with Crippen LogP contribution in [0.15, 0.2) is 12.1 Å². The van der Waals surface area contributed by atoms with Crippen LogP contribution in [0.3, 0.4) is 0 Å². The van der Waals surface area contributed by atoms with E-state index in [1.165, 1.54) is 17.5 Å². The number of carbonyl (C=O) groups excluding carboxylic acids is 1. The highest BCUT2D eigenvalue weighted by molar-refractivity contribution is 5.87. The minimum Gasteiger partial charge on any atom is -0.493 e. The van der Waals surface area contributed by atoms with Crippen molar-refractivity contribution in [3.8, 4) is 11.5 Å². The minimum absolute atomic E-state index is 0.0464. The Labute approximate surface area is 138 Å². The second-order valence-corrected chi connectivity index (χ2v) is 7.74. The quantitative estimate of drug-likeness (QED) is 0.823. The number of carbonyl (C=O) groups is 1. The summed E-state index contributed by atoms with van der Waals surface area (Å²) in [7, 11) is 3.41. The van der Waals surface area contributed by atoms with E-state index in [0.29, 0.717) is 23.5 Å². The molecule has 2 fully saturated rings. The summed E-state index contributed by atoms with van der Waals surface area (Å²) in [5, 5.41) is 0. The largest absolute Gasteiger partial charge is 0.493 e. The van der Waals surface area contributed by atoms with Gasteiger partial charge < -0.3 is 9.47 Å². The van der Waals surface area contributed by atoms with Crippen molar-refractivity contribution in [1.29, 1.82) is 0 Å². The van der Waals surface area contributed by atoms with Crippen LogP contribution in [0.5, 0.6) is 11.5 Å². The third-order valence-corrected chi connectivity index (χ3v) is 6.94. The first-order valence-corrected chi connectivity index (χ1v) is 8.86. The van der Waals surface area contributed by atoms with Crippen molar-refractivity contribution in [3.05, 3.63) is 23.3 Å². The van der Waals surface area contributed by atoms with E-state index in [1.54, 1.807) is 14.2 Å². The first kappa shape index (κ1) is 15.0. The maximum absolute atomic E-state index is 12.4.